The number of halogens is 1. The van der Waals surface area contributed by atoms with E-state index in [4.69, 9.17) is 16.3 Å². The standard InChI is InChI=1S/C29H36ClN3O2/c1-35-28(34)25-3-2-6-31-27(25)19-33-9-7-32(8-10-33)18-23-4-5-24(14-26(23)30)29-15-20-11-21(16-29)13-22(12-20)17-29/h2-6,14,20-22H,7-13,15-19H2,1H3. The Kier molecular flexibility index (Phi) is 6.36. The molecule has 5 nitrogen and oxygen atoms in total. The van der Waals surface area contributed by atoms with Gasteiger partial charge in [-0.2, -0.15) is 0 Å². The van der Waals surface area contributed by atoms with Crippen LogP contribution in [0, 0.1) is 17.8 Å². The van der Waals surface area contributed by atoms with Crippen LogP contribution in [0.2, 0.25) is 5.02 Å². The third-order valence-corrected chi connectivity index (χ3v) is 9.58. The van der Waals surface area contributed by atoms with Crippen LogP contribution in [0.1, 0.15) is 65.7 Å². The number of ether oxygens (including phenoxy) is 1. The molecular formula is C29H36ClN3O2. The summed E-state index contributed by atoms with van der Waals surface area (Å²) in [6.45, 7) is 5.41. The van der Waals surface area contributed by atoms with E-state index in [0.29, 0.717) is 17.5 Å². The summed E-state index contributed by atoms with van der Waals surface area (Å²) < 4.78 is 4.92. The number of piperazine rings is 1. The van der Waals surface area contributed by atoms with Crippen molar-refractivity contribution in [2.75, 3.05) is 33.3 Å². The first-order chi connectivity index (χ1) is 17.0. The van der Waals surface area contributed by atoms with Gasteiger partial charge in [0.25, 0.3) is 0 Å². The van der Waals surface area contributed by atoms with Crippen LogP contribution in [0.5, 0.6) is 0 Å². The number of aromatic nitrogens is 1. The van der Waals surface area contributed by atoms with Crippen LogP contribution >= 0.6 is 11.6 Å². The number of benzene rings is 1. The number of hydrogen-bond donors (Lipinski definition) is 0. The van der Waals surface area contributed by atoms with Crippen LogP contribution in [0.25, 0.3) is 0 Å². The van der Waals surface area contributed by atoms with Crippen molar-refractivity contribution < 1.29 is 9.53 Å². The molecule has 0 amide bonds. The molecule has 0 atom stereocenters. The Morgan fingerprint density at radius 3 is 2.23 bits per heavy atom. The maximum Gasteiger partial charge on any atom is 0.339 e. The number of rotatable bonds is 6. The second-order valence-corrected chi connectivity index (χ2v) is 12.0. The van der Waals surface area contributed by atoms with Crippen LogP contribution in [0.15, 0.2) is 36.5 Å². The van der Waals surface area contributed by atoms with E-state index in [0.717, 1.165) is 61.2 Å². The highest BCUT2D eigenvalue weighted by Gasteiger charge is 2.51. The van der Waals surface area contributed by atoms with E-state index in [-0.39, 0.29) is 5.97 Å². The molecule has 1 aromatic carbocycles. The first-order valence-electron chi connectivity index (χ1n) is 13.3. The van der Waals surface area contributed by atoms with Gasteiger partial charge in [-0.15, -0.1) is 0 Å². The Morgan fingerprint density at radius 2 is 1.63 bits per heavy atom. The largest absolute Gasteiger partial charge is 0.465 e. The molecule has 1 aliphatic heterocycles. The molecule has 2 heterocycles. The molecule has 4 aliphatic carbocycles. The zero-order chi connectivity index (χ0) is 24.0. The Balaban J connectivity index is 1.07. The lowest BCUT2D eigenvalue weighted by Gasteiger charge is -2.57. The highest BCUT2D eigenvalue weighted by Crippen LogP contribution is 2.60. The Labute approximate surface area is 213 Å². The Bertz CT molecular complexity index is 1060. The molecule has 35 heavy (non-hydrogen) atoms. The summed E-state index contributed by atoms with van der Waals surface area (Å²) in [6, 6.07) is 10.6. The third kappa shape index (κ3) is 4.63. The monoisotopic (exact) mass is 493 g/mol. The van der Waals surface area contributed by atoms with Gasteiger partial charge in [0, 0.05) is 50.5 Å². The van der Waals surface area contributed by atoms with E-state index in [2.05, 4.69) is 33.0 Å². The maximum absolute atomic E-state index is 12.1. The lowest BCUT2D eigenvalue weighted by atomic mass is 9.48. The molecule has 186 valence electrons. The fraction of sp³-hybridized carbons (Fsp3) is 0.586. The maximum atomic E-state index is 12.1. The van der Waals surface area contributed by atoms with E-state index in [1.54, 1.807) is 18.3 Å². The van der Waals surface area contributed by atoms with Crippen molar-refractivity contribution in [1.29, 1.82) is 0 Å². The van der Waals surface area contributed by atoms with Gasteiger partial charge in [-0.1, -0.05) is 23.7 Å². The molecule has 0 N–H and O–H groups in total. The molecule has 1 saturated heterocycles. The molecule has 1 aromatic heterocycles. The van der Waals surface area contributed by atoms with E-state index in [9.17, 15) is 4.79 Å². The van der Waals surface area contributed by atoms with Gasteiger partial charge in [0.05, 0.1) is 18.4 Å². The molecule has 7 rings (SSSR count). The topological polar surface area (TPSA) is 45.7 Å². The van der Waals surface area contributed by atoms with Gasteiger partial charge in [-0.3, -0.25) is 14.8 Å². The van der Waals surface area contributed by atoms with Crippen molar-refractivity contribution in [3.8, 4) is 0 Å². The summed E-state index contributed by atoms with van der Waals surface area (Å²) in [6.07, 6.45) is 10.3. The first-order valence-corrected chi connectivity index (χ1v) is 13.6. The average molecular weight is 494 g/mol. The fourth-order valence-electron chi connectivity index (χ4n) is 7.89. The predicted molar refractivity (Wildman–Crippen MR) is 137 cm³/mol. The fourth-order valence-corrected chi connectivity index (χ4v) is 8.13. The van der Waals surface area contributed by atoms with Gasteiger partial charge in [0.1, 0.15) is 0 Å². The Morgan fingerprint density at radius 1 is 1.00 bits per heavy atom. The second-order valence-electron chi connectivity index (χ2n) is 11.5. The number of hydrogen-bond acceptors (Lipinski definition) is 5. The van der Waals surface area contributed by atoms with Gasteiger partial charge in [-0.05, 0) is 91.0 Å². The van der Waals surface area contributed by atoms with Crippen molar-refractivity contribution >= 4 is 17.6 Å². The van der Waals surface area contributed by atoms with Crippen molar-refractivity contribution in [3.05, 3.63) is 63.9 Å². The summed E-state index contributed by atoms with van der Waals surface area (Å²) >= 11 is 6.90. The molecule has 5 aliphatic rings. The third-order valence-electron chi connectivity index (χ3n) is 9.23. The molecule has 0 spiro atoms. The quantitative estimate of drug-likeness (QED) is 0.510. The minimum atomic E-state index is -0.321. The van der Waals surface area contributed by atoms with Crippen molar-refractivity contribution in [2.24, 2.45) is 17.8 Å². The summed E-state index contributed by atoms with van der Waals surface area (Å²) in [7, 11) is 1.42. The van der Waals surface area contributed by atoms with Crippen molar-refractivity contribution in [1.82, 2.24) is 14.8 Å². The predicted octanol–water partition coefficient (Wildman–Crippen LogP) is 5.31. The van der Waals surface area contributed by atoms with Crippen LogP contribution < -0.4 is 0 Å². The molecule has 5 fully saturated rings. The second kappa shape index (κ2) is 9.49. The molecule has 4 bridgehead atoms. The number of nitrogens with zero attached hydrogens (tertiary/aromatic N) is 3. The molecular weight excluding hydrogens is 458 g/mol. The highest BCUT2D eigenvalue weighted by atomic mass is 35.5. The zero-order valence-electron chi connectivity index (χ0n) is 20.7. The smallest absolute Gasteiger partial charge is 0.339 e. The van der Waals surface area contributed by atoms with E-state index in [1.807, 2.05) is 0 Å². The number of esters is 1. The van der Waals surface area contributed by atoms with Gasteiger partial charge in [0.2, 0.25) is 0 Å². The lowest BCUT2D eigenvalue weighted by Crippen LogP contribution is -2.48. The number of carbonyl (C=O) groups is 1. The summed E-state index contributed by atoms with van der Waals surface area (Å²) in [4.78, 5) is 21.4. The Hall–Kier alpha value is -1.95. The average Bonchev–Trinajstić information content (AvgIpc) is 2.85. The van der Waals surface area contributed by atoms with Crippen molar-refractivity contribution in [2.45, 2.75) is 57.0 Å². The number of pyridine rings is 1. The normalized spacial score (nSPS) is 30.5. The van der Waals surface area contributed by atoms with Crippen LogP contribution in [-0.4, -0.2) is 54.0 Å². The SMILES string of the molecule is COC(=O)c1cccnc1CN1CCN(Cc2ccc(C34CC5CC(CC(C5)C3)C4)cc2Cl)CC1. The molecule has 2 aromatic rings. The highest BCUT2D eigenvalue weighted by molar-refractivity contribution is 6.31. The van der Waals surface area contributed by atoms with Crippen LogP contribution in [-0.2, 0) is 23.2 Å². The minimum Gasteiger partial charge on any atom is -0.465 e. The minimum absolute atomic E-state index is 0.321. The molecule has 0 radical (unpaired) electrons. The van der Waals surface area contributed by atoms with E-state index < -0.39 is 0 Å². The number of methoxy groups -OCH3 is 1. The van der Waals surface area contributed by atoms with Gasteiger partial charge < -0.3 is 4.74 Å². The van der Waals surface area contributed by atoms with Crippen molar-refractivity contribution in [3.63, 3.8) is 0 Å². The molecule has 6 heteroatoms. The summed E-state index contributed by atoms with van der Waals surface area (Å²) in [5.41, 5.74) is 4.49. The zero-order valence-corrected chi connectivity index (χ0v) is 21.5. The van der Waals surface area contributed by atoms with E-state index >= 15 is 0 Å². The molecule has 4 saturated carbocycles. The number of carbonyl (C=O) groups excluding carboxylic acids is 1. The first kappa shape index (κ1) is 23.4. The van der Waals surface area contributed by atoms with Gasteiger partial charge in [0.15, 0.2) is 0 Å². The van der Waals surface area contributed by atoms with Crippen LogP contribution in [0.3, 0.4) is 0 Å². The summed E-state index contributed by atoms with van der Waals surface area (Å²) in [5.74, 6) is 2.53. The van der Waals surface area contributed by atoms with Gasteiger partial charge in [-0.25, -0.2) is 4.79 Å². The summed E-state index contributed by atoms with van der Waals surface area (Å²) in [5, 5.41) is 0.942. The van der Waals surface area contributed by atoms with Crippen LogP contribution in [0.4, 0.5) is 0 Å². The van der Waals surface area contributed by atoms with E-state index in [1.165, 1.54) is 56.8 Å². The molecule has 0 unspecified atom stereocenters. The lowest BCUT2D eigenvalue weighted by molar-refractivity contribution is -0.00520. The van der Waals surface area contributed by atoms with Gasteiger partial charge >= 0.3 is 5.97 Å².